The summed E-state index contributed by atoms with van der Waals surface area (Å²) in [5.41, 5.74) is 0. The third-order valence-corrected chi connectivity index (χ3v) is 1.51. The van der Waals surface area contributed by atoms with Crippen molar-refractivity contribution in [1.82, 2.24) is 0 Å². The van der Waals surface area contributed by atoms with E-state index >= 15 is 0 Å². The van der Waals surface area contributed by atoms with Crippen LogP contribution in [-0.2, 0) is 0 Å². The highest BCUT2D eigenvalue weighted by atomic mass is 13.9. The second-order valence-corrected chi connectivity index (χ2v) is 2.19. The topological polar surface area (TPSA) is 0 Å². The predicted octanol–water partition coefficient (Wildman–Crippen LogP) is 4.49. The number of benzene rings is 1. The molecule has 0 amide bonds. The zero-order chi connectivity index (χ0) is 10.8. The van der Waals surface area contributed by atoms with Crippen LogP contribution in [0.15, 0.2) is 36.4 Å². The average Bonchev–Trinajstić information content (AvgIpc) is 2.34. The van der Waals surface area contributed by atoms with E-state index in [0.29, 0.717) is 0 Å². The summed E-state index contributed by atoms with van der Waals surface area (Å²) in [6.07, 6.45) is 0. The summed E-state index contributed by atoms with van der Waals surface area (Å²) in [4.78, 5) is 0. The van der Waals surface area contributed by atoms with Gasteiger partial charge in [-0.3, -0.25) is 0 Å². The fourth-order valence-electron chi connectivity index (χ4n) is 1.01. The zero-order valence-corrected chi connectivity index (χ0v) is 9.46. The Balaban J connectivity index is 0.000000379. The van der Waals surface area contributed by atoms with E-state index in [0.717, 1.165) is 5.39 Å². The molecule has 0 atom stereocenters. The van der Waals surface area contributed by atoms with E-state index in [2.05, 4.69) is 18.2 Å². The Bertz CT molecular complexity index is 271. The Kier molecular flexibility index (Phi) is 7.27. The third kappa shape index (κ3) is 3.49. The molecule has 0 aromatic heterocycles. The summed E-state index contributed by atoms with van der Waals surface area (Å²) in [5, 5.41) is 2.35. The largest absolute Gasteiger partial charge is 0.0696 e. The van der Waals surface area contributed by atoms with Crippen molar-refractivity contribution in [3.8, 4) is 0 Å². The fourth-order valence-corrected chi connectivity index (χ4v) is 1.01. The van der Waals surface area contributed by atoms with Crippen LogP contribution >= 0.6 is 0 Å². The molecule has 0 saturated heterocycles. The summed E-state index contributed by atoms with van der Waals surface area (Å²) in [5.74, 6) is 0. The molecule has 0 bridgehead atoms. The third-order valence-electron chi connectivity index (χ3n) is 1.51. The van der Waals surface area contributed by atoms with Gasteiger partial charge in [0.25, 0.3) is 0 Å². The Morgan fingerprint density at radius 2 is 1.50 bits per heavy atom. The van der Waals surface area contributed by atoms with E-state index in [-0.39, 0.29) is 0 Å². The van der Waals surface area contributed by atoms with Gasteiger partial charge < -0.3 is 0 Å². The molecule has 0 aliphatic heterocycles. The maximum atomic E-state index is 3.03. The molecule has 2 aromatic rings. The van der Waals surface area contributed by atoms with Gasteiger partial charge in [-0.2, -0.15) is 0 Å². The highest BCUT2D eigenvalue weighted by Crippen LogP contribution is 2.07. The molecule has 2 aromatic carbocycles. The van der Waals surface area contributed by atoms with Gasteiger partial charge in [0.05, 0.1) is 0 Å². The first-order valence-electron chi connectivity index (χ1n) is 5.24. The van der Waals surface area contributed by atoms with Crippen molar-refractivity contribution in [2.45, 2.75) is 27.7 Å². The molecule has 0 saturated carbocycles. The fraction of sp³-hybridized carbons (Fsp3) is 0.286. The first-order chi connectivity index (χ1) is 6.97. The quantitative estimate of drug-likeness (QED) is 0.568. The summed E-state index contributed by atoms with van der Waals surface area (Å²) in [7, 11) is 0. The Labute approximate surface area is 87.6 Å². The smallest absolute Gasteiger partial charge is 0.0321 e. The van der Waals surface area contributed by atoms with Gasteiger partial charge >= 0.3 is 0 Å². The molecule has 0 N–H and O–H groups in total. The minimum Gasteiger partial charge on any atom is -0.0696 e. The molecule has 0 fully saturated rings. The molecule has 0 nitrogen and oxygen atoms in total. The lowest BCUT2D eigenvalue weighted by molar-refractivity contribution is 1.50. The van der Waals surface area contributed by atoms with Crippen molar-refractivity contribution >= 4 is 10.8 Å². The molecular weight excluding hydrogens is 168 g/mol. The van der Waals surface area contributed by atoms with Crippen LogP contribution < -0.4 is 0 Å². The van der Waals surface area contributed by atoms with E-state index in [4.69, 9.17) is 0 Å². The van der Waals surface area contributed by atoms with E-state index in [1.54, 1.807) is 0 Å². The van der Waals surface area contributed by atoms with Crippen molar-refractivity contribution in [1.29, 1.82) is 0 Å². The van der Waals surface area contributed by atoms with Gasteiger partial charge in [-0.05, 0) is 23.6 Å². The molecule has 0 aliphatic carbocycles. The van der Waals surface area contributed by atoms with Gasteiger partial charge in [0.1, 0.15) is 0 Å². The van der Waals surface area contributed by atoms with Gasteiger partial charge in [-0.25, -0.2) is 0 Å². The Hall–Kier alpha value is -1.48. The van der Waals surface area contributed by atoms with Gasteiger partial charge in [0.2, 0.25) is 0 Å². The number of rotatable bonds is 0. The van der Waals surface area contributed by atoms with E-state index in [1.165, 1.54) is 5.39 Å². The summed E-state index contributed by atoms with van der Waals surface area (Å²) in [6.45, 7) is 8.00. The first kappa shape index (κ1) is 12.5. The van der Waals surface area contributed by atoms with Crippen molar-refractivity contribution in [3.05, 3.63) is 48.5 Å². The van der Waals surface area contributed by atoms with Crippen molar-refractivity contribution in [2.24, 2.45) is 0 Å². The van der Waals surface area contributed by atoms with Crippen LogP contribution in [0.25, 0.3) is 10.8 Å². The van der Waals surface area contributed by atoms with Crippen LogP contribution in [0.4, 0.5) is 0 Å². The van der Waals surface area contributed by atoms with Crippen LogP contribution in [0.2, 0.25) is 0 Å². The summed E-state index contributed by atoms with van der Waals surface area (Å²) in [6, 6.07) is 18.0. The van der Waals surface area contributed by atoms with Gasteiger partial charge in [-0.1, -0.05) is 58.0 Å². The maximum absolute atomic E-state index is 3.03. The van der Waals surface area contributed by atoms with E-state index in [9.17, 15) is 0 Å². The Morgan fingerprint density at radius 3 is 2.14 bits per heavy atom. The van der Waals surface area contributed by atoms with E-state index in [1.807, 2.05) is 58.0 Å². The van der Waals surface area contributed by atoms with Crippen molar-refractivity contribution in [3.63, 3.8) is 0 Å². The lowest BCUT2D eigenvalue weighted by atomic mass is 10.2. The van der Waals surface area contributed by atoms with Crippen LogP contribution in [-0.4, -0.2) is 0 Å². The molecular formula is C14H18. The van der Waals surface area contributed by atoms with Crippen molar-refractivity contribution < 1.29 is 0 Å². The van der Waals surface area contributed by atoms with Crippen LogP contribution in [0.3, 0.4) is 0 Å². The van der Waals surface area contributed by atoms with Gasteiger partial charge in [0.15, 0.2) is 0 Å². The second kappa shape index (κ2) is 8.13. The normalized spacial score (nSPS) is 7.43. The lowest BCUT2D eigenvalue weighted by Gasteiger charge is -1.88. The highest BCUT2D eigenvalue weighted by Gasteiger charge is 1.84. The van der Waals surface area contributed by atoms with Crippen molar-refractivity contribution in [2.75, 3.05) is 0 Å². The average molecular weight is 186 g/mol. The molecule has 0 aliphatic rings. The summed E-state index contributed by atoms with van der Waals surface area (Å²) < 4.78 is 0. The van der Waals surface area contributed by atoms with E-state index < -0.39 is 0 Å². The molecule has 0 radical (unpaired) electrons. The molecule has 2 rings (SSSR count). The number of fused-ring (bicyclic) bond motifs is 1. The number of hydrogen-bond acceptors (Lipinski definition) is 0. The SMILES string of the molecule is CC.CC.c1ccc2ccccc2c#1. The van der Waals surface area contributed by atoms with Crippen LogP contribution in [0.5, 0.6) is 0 Å². The minimum atomic E-state index is 1.13. The number of hydrogen-bond donors (Lipinski definition) is 0. The second-order valence-electron chi connectivity index (χ2n) is 2.19. The molecule has 74 valence electrons. The zero-order valence-electron chi connectivity index (χ0n) is 9.46. The molecule has 0 heteroatoms. The van der Waals surface area contributed by atoms with Crippen LogP contribution in [0.1, 0.15) is 27.7 Å². The summed E-state index contributed by atoms with van der Waals surface area (Å²) >= 11 is 0. The molecule has 0 unspecified atom stereocenters. The molecule has 0 heterocycles. The monoisotopic (exact) mass is 186 g/mol. The molecule has 14 heavy (non-hydrogen) atoms. The maximum Gasteiger partial charge on any atom is 0.0321 e. The lowest BCUT2D eigenvalue weighted by Crippen LogP contribution is -1.64. The highest BCUT2D eigenvalue weighted by molar-refractivity contribution is 5.80. The first-order valence-corrected chi connectivity index (χ1v) is 5.24. The van der Waals surface area contributed by atoms with Crippen LogP contribution in [0, 0.1) is 12.1 Å². The molecule has 0 spiro atoms. The standard InChI is InChI=1S/C10H6.2C2H6/c1-2-6-10-8-4-3-7-9(10)5-1;2*1-2/h1-3,5-7H;2*1-2H3. The Morgan fingerprint density at radius 1 is 0.857 bits per heavy atom. The van der Waals surface area contributed by atoms with Gasteiger partial charge in [0, 0.05) is 5.39 Å². The minimum absolute atomic E-state index is 1.13. The van der Waals surface area contributed by atoms with Gasteiger partial charge in [-0.15, -0.1) is 0 Å². The predicted molar refractivity (Wildman–Crippen MR) is 64.3 cm³/mol.